The zero-order chi connectivity index (χ0) is 9.27. The highest BCUT2D eigenvalue weighted by atomic mass is 16.1. The van der Waals surface area contributed by atoms with E-state index in [2.05, 4.69) is 6.92 Å². The first-order valence-corrected chi connectivity index (χ1v) is 5.55. The van der Waals surface area contributed by atoms with E-state index in [0.29, 0.717) is 11.2 Å². The maximum absolute atomic E-state index is 11.8. The predicted molar refractivity (Wildman–Crippen MR) is 51.3 cm³/mol. The van der Waals surface area contributed by atoms with Crippen LogP contribution in [0.3, 0.4) is 0 Å². The lowest BCUT2D eigenvalue weighted by atomic mass is 9.67. The smallest absolute Gasteiger partial charge is 0.136 e. The monoisotopic (exact) mass is 178 g/mol. The van der Waals surface area contributed by atoms with E-state index >= 15 is 0 Å². The zero-order valence-electron chi connectivity index (χ0n) is 8.60. The van der Waals surface area contributed by atoms with Crippen molar-refractivity contribution < 1.29 is 4.79 Å². The Morgan fingerprint density at radius 3 is 2.62 bits per heavy atom. The maximum atomic E-state index is 11.8. The molecular formula is C12H18O. The number of carbonyl (C=O) groups is 1. The van der Waals surface area contributed by atoms with E-state index < -0.39 is 0 Å². The zero-order valence-corrected chi connectivity index (χ0v) is 8.60. The van der Waals surface area contributed by atoms with E-state index in [1.54, 1.807) is 0 Å². The molecule has 0 aromatic carbocycles. The molecule has 4 atom stereocenters. The van der Waals surface area contributed by atoms with Crippen LogP contribution < -0.4 is 0 Å². The van der Waals surface area contributed by atoms with Gasteiger partial charge in [-0.15, -0.1) is 0 Å². The second-order valence-electron chi connectivity index (χ2n) is 6.11. The largest absolute Gasteiger partial charge is 0.299 e. The standard InChI is InChI=1S/C12H18O/c1-8(13)12-5-9-3-10(12)6-11(2,4-9)7-12/h9-10H,3-7H2,1-2H3. The van der Waals surface area contributed by atoms with Crippen LogP contribution in [0.15, 0.2) is 0 Å². The third-order valence-electron chi connectivity index (χ3n) is 5.02. The van der Waals surface area contributed by atoms with Crippen LogP contribution in [-0.4, -0.2) is 5.78 Å². The lowest BCUT2D eigenvalue weighted by Crippen LogP contribution is -2.32. The van der Waals surface area contributed by atoms with Gasteiger partial charge < -0.3 is 0 Å². The van der Waals surface area contributed by atoms with Crippen molar-refractivity contribution in [2.45, 2.75) is 46.0 Å². The van der Waals surface area contributed by atoms with Crippen LogP contribution in [0.4, 0.5) is 0 Å². The minimum Gasteiger partial charge on any atom is -0.299 e. The van der Waals surface area contributed by atoms with Crippen molar-refractivity contribution in [1.82, 2.24) is 0 Å². The minimum atomic E-state index is 0.150. The van der Waals surface area contributed by atoms with E-state index in [-0.39, 0.29) is 5.41 Å². The highest BCUT2D eigenvalue weighted by Crippen LogP contribution is 2.70. The van der Waals surface area contributed by atoms with Gasteiger partial charge in [0.15, 0.2) is 0 Å². The Balaban J connectivity index is 2.06. The molecule has 1 heteroatoms. The Bertz CT molecular complexity index is 283. The van der Waals surface area contributed by atoms with E-state index in [1.807, 2.05) is 6.92 Å². The molecule has 0 aromatic rings. The number of hydrogen-bond donors (Lipinski definition) is 0. The molecule has 4 unspecified atom stereocenters. The van der Waals surface area contributed by atoms with Crippen LogP contribution >= 0.6 is 0 Å². The molecule has 4 rings (SSSR count). The van der Waals surface area contributed by atoms with Crippen LogP contribution in [0.2, 0.25) is 0 Å². The van der Waals surface area contributed by atoms with Crippen molar-refractivity contribution in [3.63, 3.8) is 0 Å². The Kier molecular flexibility index (Phi) is 1.24. The second-order valence-corrected chi connectivity index (χ2v) is 6.11. The van der Waals surface area contributed by atoms with Crippen LogP contribution in [0.5, 0.6) is 0 Å². The molecule has 0 aromatic heterocycles. The first kappa shape index (κ1) is 8.02. The molecule has 4 fully saturated rings. The number of rotatable bonds is 1. The molecule has 1 nitrogen and oxygen atoms in total. The molecular weight excluding hydrogens is 160 g/mol. The lowest BCUT2D eigenvalue weighted by molar-refractivity contribution is -0.128. The molecule has 0 N–H and O–H groups in total. The van der Waals surface area contributed by atoms with Gasteiger partial charge >= 0.3 is 0 Å². The normalized spacial score (nSPS) is 57.4. The van der Waals surface area contributed by atoms with Gasteiger partial charge in [-0.25, -0.2) is 0 Å². The quantitative estimate of drug-likeness (QED) is 0.603. The molecule has 0 aliphatic heterocycles. The van der Waals surface area contributed by atoms with Crippen molar-refractivity contribution in [3.8, 4) is 0 Å². The fraction of sp³-hybridized carbons (Fsp3) is 0.917. The Labute approximate surface area is 79.9 Å². The van der Waals surface area contributed by atoms with Gasteiger partial charge in [-0.3, -0.25) is 4.79 Å². The number of hydrogen-bond acceptors (Lipinski definition) is 1. The van der Waals surface area contributed by atoms with E-state index in [4.69, 9.17) is 0 Å². The maximum Gasteiger partial charge on any atom is 0.136 e. The van der Waals surface area contributed by atoms with Crippen molar-refractivity contribution in [2.75, 3.05) is 0 Å². The SMILES string of the molecule is CC(=O)C12CC3CC1CC(C)(C3)C2. The van der Waals surface area contributed by atoms with Gasteiger partial charge in [0.25, 0.3) is 0 Å². The summed E-state index contributed by atoms with van der Waals surface area (Å²) in [6.45, 7) is 4.22. The van der Waals surface area contributed by atoms with Gasteiger partial charge in [0.05, 0.1) is 0 Å². The van der Waals surface area contributed by atoms with Crippen LogP contribution in [0.25, 0.3) is 0 Å². The molecule has 13 heavy (non-hydrogen) atoms. The molecule has 4 saturated carbocycles. The summed E-state index contributed by atoms with van der Waals surface area (Å²) in [7, 11) is 0. The van der Waals surface area contributed by atoms with Crippen molar-refractivity contribution in [1.29, 1.82) is 0 Å². The highest BCUT2D eigenvalue weighted by molar-refractivity contribution is 5.84. The first-order chi connectivity index (χ1) is 6.04. The number of carbonyl (C=O) groups excluding carboxylic acids is 1. The van der Waals surface area contributed by atoms with Crippen molar-refractivity contribution in [3.05, 3.63) is 0 Å². The third-order valence-corrected chi connectivity index (χ3v) is 5.02. The summed E-state index contributed by atoms with van der Waals surface area (Å²) in [6, 6.07) is 0. The Morgan fingerprint density at radius 2 is 2.08 bits per heavy atom. The first-order valence-electron chi connectivity index (χ1n) is 5.55. The lowest BCUT2D eigenvalue weighted by Gasteiger charge is -2.37. The summed E-state index contributed by atoms with van der Waals surface area (Å²) in [4.78, 5) is 11.8. The number of Topliss-reactive ketones (excluding diaryl/α,β-unsaturated/α-hetero) is 1. The van der Waals surface area contributed by atoms with Crippen molar-refractivity contribution >= 4 is 5.78 Å². The van der Waals surface area contributed by atoms with Gasteiger partial charge in [0.2, 0.25) is 0 Å². The topological polar surface area (TPSA) is 17.1 Å². The van der Waals surface area contributed by atoms with Crippen molar-refractivity contribution in [2.24, 2.45) is 22.7 Å². The van der Waals surface area contributed by atoms with E-state index in [1.165, 1.54) is 32.1 Å². The Hall–Kier alpha value is -0.330. The summed E-state index contributed by atoms with van der Waals surface area (Å²) in [5.41, 5.74) is 0.690. The molecule has 0 heterocycles. The summed E-state index contributed by atoms with van der Waals surface area (Å²) in [5, 5.41) is 0. The fourth-order valence-electron chi connectivity index (χ4n) is 4.88. The van der Waals surface area contributed by atoms with Gasteiger partial charge in [-0.05, 0) is 56.3 Å². The second kappa shape index (κ2) is 2.02. The van der Waals surface area contributed by atoms with Crippen LogP contribution in [-0.2, 0) is 4.79 Å². The van der Waals surface area contributed by atoms with Gasteiger partial charge in [-0.2, -0.15) is 0 Å². The minimum absolute atomic E-state index is 0.150. The van der Waals surface area contributed by atoms with Gasteiger partial charge in [0.1, 0.15) is 5.78 Å². The highest BCUT2D eigenvalue weighted by Gasteiger charge is 2.64. The predicted octanol–water partition coefficient (Wildman–Crippen LogP) is 2.79. The summed E-state index contributed by atoms with van der Waals surface area (Å²) < 4.78 is 0. The molecule has 0 radical (unpaired) electrons. The van der Waals surface area contributed by atoms with Crippen LogP contribution in [0, 0.1) is 22.7 Å². The fourth-order valence-corrected chi connectivity index (χ4v) is 4.88. The average molecular weight is 178 g/mol. The molecule has 0 spiro atoms. The summed E-state index contributed by atoms with van der Waals surface area (Å²) in [6.07, 6.45) is 6.52. The van der Waals surface area contributed by atoms with E-state index in [9.17, 15) is 4.79 Å². The summed E-state index contributed by atoms with van der Waals surface area (Å²) in [5.74, 6) is 2.14. The van der Waals surface area contributed by atoms with Gasteiger partial charge in [-0.1, -0.05) is 6.92 Å². The molecule has 0 saturated heterocycles. The molecule has 4 bridgehead atoms. The number of ketones is 1. The third kappa shape index (κ3) is 0.812. The average Bonchev–Trinajstić information content (AvgIpc) is 2.33. The molecule has 72 valence electrons. The summed E-state index contributed by atoms with van der Waals surface area (Å²) >= 11 is 0. The molecule has 4 aliphatic carbocycles. The molecule has 0 amide bonds. The van der Waals surface area contributed by atoms with E-state index in [0.717, 1.165) is 11.8 Å². The van der Waals surface area contributed by atoms with Gasteiger partial charge in [0, 0.05) is 5.41 Å². The Morgan fingerprint density at radius 1 is 1.31 bits per heavy atom. The molecule has 4 aliphatic rings. The van der Waals surface area contributed by atoms with Crippen LogP contribution in [0.1, 0.15) is 46.0 Å².